The van der Waals surface area contributed by atoms with E-state index < -0.39 is 6.16 Å². The van der Waals surface area contributed by atoms with Gasteiger partial charge in [-0.15, -0.1) is 0 Å². The Bertz CT molecular complexity index is 816. The Kier molecular flexibility index (Phi) is 4.52. The number of rotatable bonds is 3. The number of hydrogen-bond acceptors (Lipinski definition) is 4. The number of carbonyl (C=O) groups is 1. The van der Waals surface area contributed by atoms with Gasteiger partial charge >= 0.3 is 6.16 Å². The van der Waals surface area contributed by atoms with Gasteiger partial charge in [0, 0.05) is 15.6 Å². The molecule has 1 heterocycles. The summed E-state index contributed by atoms with van der Waals surface area (Å²) < 4.78 is 4.70. The molecule has 0 unspecified atom stereocenters. The third-order valence-corrected chi connectivity index (χ3v) is 4.42. The summed E-state index contributed by atoms with van der Waals surface area (Å²) in [4.78, 5) is 15.8. The topological polar surface area (TPSA) is 59.4 Å². The minimum absolute atomic E-state index is 0.0439. The first-order valence-electron chi connectivity index (χ1n) is 6.46. The van der Waals surface area contributed by atoms with E-state index in [4.69, 9.17) is 33.0 Å². The predicted molar refractivity (Wildman–Crippen MR) is 91.7 cm³/mol. The number of aromatic nitrogens is 1. The fraction of sp³-hybridized carbons (Fsp3) is 0. The molecular formula is C16H9Cl2NO3S. The second kappa shape index (κ2) is 6.58. The molecule has 7 heteroatoms. The molecule has 0 bridgehead atoms. The van der Waals surface area contributed by atoms with Crippen LogP contribution in [0, 0.1) is 0 Å². The summed E-state index contributed by atoms with van der Waals surface area (Å²) in [5.74, 6) is 0. The molecule has 1 aromatic heterocycles. The molecule has 0 saturated heterocycles. The monoisotopic (exact) mass is 365 g/mol. The van der Waals surface area contributed by atoms with Crippen molar-refractivity contribution in [1.82, 2.24) is 4.98 Å². The van der Waals surface area contributed by atoms with Crippen LogP contribution in [0.5, 0.6) is 5.19 Å². The van der Waals surface area contributed by atoms with Crippen LogP contribution in [-0.4, -0.2) is 16.2 Å². The molecule has 0 spiro atoms. The summed E-state index contributed by atoms with van der Waals surface area (Å²) in [5.41, 5.74) is 2.19. The van der Waals surface area contributed by atoms with E-state index in [0.717, 1.165) is 27.3 Å². The zero-order valence-corrected chi connectivity index (χ0v) is 13.8. The minimum Gasteiger partial charge on any atom is -0.449 e. The minimum atomic E-state index is -1.41. The maximum atomic E-state index is 10.8. The van der Waals surface area contributed by atoms with Crippen molar-refractivity contribution in [2.24, 2.45) is 0 Å². The number of benzene rings is 2. The summed E-state index contributed by atoms with van der Waals surface area (Å²) in [6.07, 6.45) is -1.41. The van der Waals surface area contributed by atoms with E-state index in [1.807, 2.05) is 18.2 Å². The molecule has 3 rings (SSSR count). The molecule has 0 aliphatic heterocycles. The van der Waals surface area contributed by atoms with Crippen LogP contribution in [0.4, 0.5) is 4.79 Å². The van der Waals surface area contributed by atoms with Crippen molar-refractivity contribution in [3.63, 3.8) is 0 Å². The van der Waals surface area contributed by atoms with Crippen molar-refractivity contribution in [2.75, 3.05) is 0 Å². The lowest BCUT2D eigenvalue weighted by Crippen LogP contribution is -2.02. The van der Waals surface area contributed by atoms with Crippen LogP contribution < -0.4 is 4.74 Å². The van der Waals surface area contributed by atoms with Gasteiger partial charge in [-0.05, 0) is 29.8 Å². The summed E-state index contributed by atoms with van der Waals surface area (Å²) in [5, 5.41) is 9.98. The largest absolute Gasteiger partial charge is 0.513 e. The smallest absolute Gasteiger partial charge is 0.449 e. The van der Waals surface area contributed by atoms with Crippen LogP contribution >= 0.6 is 34.5 Å². The summed E-state index contributed by atoms with van der Waals surface area (Å²) in [7, 11) is 0. The first kappa shape index (κ1) is 15.8. The molecule has 2 aromatic carbocycles. The maximum Gasteiger partial charge on any atom is 0.513 e. The van der Waals surface area contributed by atoms with Gasteiger partial charge in [-0.1, -0.05) is 58.8 Å². The van der Waals surface area contributed by atoms with Crippen molar-refractivity contribution in [3.05, 3.63) is 58.6 Å². The van der Waals surface area contributed by atoms with Gasteiger partial charge in [0.2, 0.25) is 0 Å². The van der Waals surface area contributed by atoms with Crippen LogP contribution in [0.1, 0.15) is 0 Å². The van der Waals surface area contributed by atoms with Gasteiger partial charge in [-0.25, -0.2) is 9.78 Å². The molecular weight excluding hydrogens is 357 g/mol. The summed E-state index contributed by atoms with van der Waals surface area (Å²) in [6, 6.07) is 14.4. The summed E-state index contributed by atoms with van der Waals surface area (Å²) in [6.45, 7) is 0. The predicted octanol–water partition coefficient (Wildman–Crippen LogP) is 5.84. The van der Waals surface area contributed by atoms with Crippen molar-refractivity contribution < 1.29 is 14.6 Å². The molecule has 3 aromatic rings. The highest BCUT2D eigenvalue weighted by Gasteiger charge is 2.18. The van der Waals surface area contributed by atoms with Crippen LogP contribution in [-0.2, 0) is 0 Å². The van der Waals surface area contributed by atoms with Gasteiger partial charge in [0.05, 0.1) is 10.6 Å². The molecule has 0 aliphatic rings. The second-order valence-corrected chi connectivity index (χ2v) is 6.38. The molecule has 0 amide bonds. The number of halogens is 2. The quantitative estimate of drug-likeness (QED) is 0.592. The third kappa shape index (κ3) is 3.64. The third-order valence-electron chi connectivity index (χ3n) is 2.97. The number of ether oxygens (including phenoxy) is 1. The van der Waals surface area contributed by atoms with Crippen molar-refractivity contribution in [2.45, 2.75) is 0 Å². The van der Waals surface area contributed by atoms with Gasteiger partial charge in [0.1, 0.15) is 0 Å². The first-order valence-corrected chi connectivity index (χ1v) is 8.03. The Balaban J connectivity index is 2.16. The Labute approximate surface area is 145 Å². The van der Waals surface area contributed by atoms with Crippen molar-refractivity contribution in [3.8, 4) is 26.9 Å². The Morgan fingerprint density at radius 1 is 1.04 bits per heavy atom. The number of hydrogen-bond donors (Lipinski definition) is 1. The molecule has 4 nitrogen and oxygen atoms in total. The van der Waals surface area contributed by atoms with E-state index in [2.05, 4.69) is 4.98 Å². The van der Waals surface area contributed by atoms with Crippen molar-refractivity contribution >= 4 is 40.7 Å². The highest BCUT2D eigenvalue weighted by molar-refractivity contribution is 7.17. The Morgan fingerprint density at radius 3 is 2.26 bits per heavy atom. The second-order valence-electron chi connectivity index (χ2n) is 4.55. The molecule has 0 saturated carbocycles. The molecule has 0 fully saturated rings. The van der Waals surface area contributed by atoms with Gasteiger partial charge in [-0.3, -0.25) is 0 Å². The first-order chi connectivity index (χ1) is 11.0. The van der Waals surface area contributed by atoms with Gasteiger partial charge < -0.3 is 9.84 Å². The Hall–Kier alpha value is -2.08. The van der Waals surface area contributed by atoms with E-state index in [9.17, 15) is 4.79 Å². The normalized spacial score (nSPS) is 10.5. The van der Waals surface area contributed by atoms with Crippen molar-refractivity contribution in [1.29, 1.82) is 0 Å². The van der Waals surface area contributed by atoms with Gasteiger partial charge in [-0.2, -0.15) is 0 Å². The molecule has 0 atom stereocenters. The van der Waals surface area contributed by atoms with Crippen LogP contribution in [0.2, 0.25) is 10.0 Å². The SMILES string of the molecule is O=C(O)Oc1nc(-c2cccc(Cl)c2)c(-c2cccc(Cl)c2)s1. The lowest BCUT2D eigenvalue weighted by Gasteiger charge is -2.03. The van der Waals surface area contributed by atoms with Crippen LogP contribution in [0.15, 0.2) is 48.5 Å². The Morgan fingerprint density at radius 2 is 1.65 bits per heavy atom. The highest BCUT2D eigenvalue weighted by atomic mass is 35.5. The van der Waals surface area contributed by atoms with E-state index >= 15 is 0 Å². The average molecular weight is 366 g/mol. The molecule has 0 aliphatic carbocycles. The lowest BCUT2D eigenvalue weighted by atomic mass is 10.1. The zero-order valence-electron chi connectivity index (χ0n) is 11.5. The molecule has 0 radical (unpaired) electrons. The van der Waals surface area contributed by atoms with Crippen LogP contribution in [0.25, 0.3) is 21.7 Å². The highest BCUT2D eigenvalue weighted by Crippen LogP contribution is 2.41. The lowest BCUT2D eigenvalue weighted by molar-refractivity contribution is 0.144. The molecule has 1 N–H and O–H groups in total. The van der Waals surface area contributed by atoms with E-state index in [1.165, 1.54) is 0 Å². The van der Waals surface area contributed by atoms with Gasteiger partial charge in [0.25, 0.3) is 5.19 Å². The van der Waals surface area contributed by atoms with E-state index in [1.54, 1.807) is 30.3 Å². The fourth-order valence-electron chi connectivity index (χ4n) is 2.08. The fourth-order valence-corrected chi connectivity index (χ4v) is 3.39. The number of carboxylic acid groups (broad SMARTS) is 1. The molecule has 116 valence electrons. The number of thiazole rings is 1. The average Bonchev–Trinajstić information content (AvgIpc) is 2.90. The van der Waals surface area contributed by atoms with E-state index in [0.29, 0.717) is 15.7 Å². The van der Waals surface area contributed by atoms with Crippen LogP contribution in [0.3, 0.4) is 0 Å². The standard InChI is InChI=1S/C16H9Cl2NO3S/c17-11-5-1-3-9(7-11)13-14(10-4-2-6-12(18)8-10)23-15(19-13)22-16(20)21/h1-8H,(H,20,21). The summed E-state index contributed by atoms with van der Waals surface area (Å²) >= 11 is 13.2. The zero-order chi connectivity index (χ0) is 16.4. The maximum absolute atomic E-state index is 10.8. The van der Waals surface area contributed by atoms with Gasteiger partial charge in [0.15, 0.2) is 0 Å². The van der Waals surface area contributed by atoms with E-state index in [-0.39, 0.29) is 5.19 Å². The number of nitrogens with zero attached hydrogens (tertiary/aromatic N) is 1. The molecule has 23 heavy (non-hydrogen) atoms.